The van der Waals surface area contributed by atoms with Crippen LogP contribution in [0.25, 0.3) is 0 Å². The largest absolute Gasteiger partial charge is 0.356 e. The van der Waals surface area contributed by atoms with Crippen LogP contribution in [0, 0.1) is 0 Å². The van der Waals surface area contributed by atoms with Crippen molar-refractivity contribution in [3.05, 3.63) is 23.9 Å². The van der Waals surface area contributed by atoms with Crippen LogP contribution in [-0.2, 0) is 16.8 Å². The Morgan fingerprint density at radius 1 is 1.18 bits per heavy atom. The Labute approximate surface area is 133 Å². The van der Waals surface area contributed by atoms with Crippen molar-refractivity contribution in [1.82, 2.24) is 14.0 Å². The maximum Gasteiger partial charge on any atom is 0.279 e. The smallest absolute Gasteiger partial charge is 0.279 e. The van der Waals surface area contributed by atoms with Gasteiger partial charge < -0.3 is 4.90 Å². The minimum Gasteiger partial charge on any atom is -0.356 e. The molecular formula is C15H26N4O2S. The molecule has 1 aliphatic heterocycles. The highest BCUT2D eigenvalue weighted by Gasteiger charge is 2.17. The van der Waals surface area contributed by atoms with E-state index >= 15 is 0 Å². The monoisotopic (exact) mass is 326 g/mol. The van der Waals surface area contributed by atoms with Crippen LogP contribution >= 0.6 is 0 Å². The fourth-order valence-corrected chi connectivity index (χ4v) is 3.21. The van der Waals surface area contributed by atoms with Crippen LogP contribution in [0.4, 0.5) is 5.82 Å². The Morgan fingerprint density at radius 2 is 1.82 bits per heavy atom. The lowest BCUT2D eigenvalue weighted by atomic mass is 10.1. The zero-order valence-corrected chi connectivity index (χ0v) is 14.3. The van der Waals surface area contributed by atoms with E-state index in [0.29, 0.717) is 0 Å². The number of rotatable bonds is 5. The number of nitrogens with one attached hydrogen (secondary N) is 1. The van der Waals surface area contributed by atoms with E-state index in [1.807, 2.05) is 12.1 Å². The van der Waals surface area contributed by atoms with Gasteiger partial charge in [0.2, 0.25) is 0 Å². The normalized spacial score (nSPS) is 17.3. The van der Waals surface area contributed by atoms with Crippen LogP contribution in [0.2, 0.25) is 0 Å². The molecule has 124 valence electrons. The van der Waals surface area contributed by atoms with Gasteiger partial charge in [-0.25, -0.2) is 4.98 Å². The van der Waals surface area contributed by atoms with Crippen molar-refractivity contribution in [3.63, 3.8) is 0 Å². The van der Waals surface area contributed by atoms with Crippen LogP contribution in [0.1, 0.15) is 37.7 Å². The maximum atomic E-state index is 11.9. The summed E-state index contributed by atoms with van der Waals surface area (Å²) in [6.07, 6.45) is 7.93. The third-order valence-corrected chi connectivity index (χ3v) is 5.42. The van der Waals surface area contributed by atoms with E-state index in [0.717, 1.165) is 24.5 Å². The summed E-state index contributed by atoms with van der Waals surface area (Å²) in [5.74, 6) is 0.908. The molecule has 1 aromatic rings. The molecule has 0 amide bonds. The van der Waals surface area contributed by atoms with E-state index in [2.05, 4.69) is 14.6 Å². The molecule has 0 bridgehead atoms. The summed E-state index contributed by atoms with van der Waals surface area (Å²) in [7, 11) is -0.383. The number of hydrogen-bond acceptors (Lipinski definition) is 4. The molecule has 7 heteroatoms. The predicted octanol–water partition coefficient (Wildman–Crippen LogP) is 1.75. The second-order valence-corrected chi connectivity index (χ2v) is 7.82. The highest BCUT2D eigenvalue weighted by molar-refractivity contribution is 7.87. The minimum absolute atomic E-state index is 0.264. The fraction of sp³-hybridized carbons (Fsp3) is 0.667. The van der Waals surface area contributed by atoms with Gasteiger partial charge in [-0.15, -0.1) is 0 Å². The lowest BCUT2D eigenvalue weighted by Gasteiger charge is -2.27. The van der Waals surface area contributed by atoms with Gasteiger partial charge in [-0.05, 0) is 18.9 Å². The number of pyridine rings is 1. The maximum absolute atomic E-state index is 11.9. The zero-order valence-electron chi connectivity index (χ0n) is 13.5. The third kappa shape index (κ3) is 4.66. The summed E-state index contributed by atoms with van der Waals surface area (Å²) in [5, 5.41) is 0. The van der Waals surface area contributed by atoms with E-state index in [1.54, 1.807) is 6.20 Å². The van der Waals surface area contributed by atoms with Crippen LogP contribution in [0.5, 0.6) is 0 Å². The second kappa shape index (κ2) is 7.89. The summed E-state index contributed by atoms with van der Waals surface area (Å²) in [6, 6.07) is 3.80. The number of hydrogen-bond donors (Lipinski definition) is 1. The molecule has 0 radical (unpaired) electrons. The van der Waals surface area contributed by atoms with Gasteiger partial charge in [-0.2, -0.15) is 17.4 Å². The van der Waals surface area contributed by atoms with Gasteiger partial charge in [-0.1, -0.05) is 25.3 Å². The van der Waals surface area contributed by atoms with Gasteiger partial charge in [0.15, 0.2) is 0 Å². The number of aromatic nitrogens is 1. The molecular weight excluding hydrogens is 300 g/mol. The Morgan fingerprint density at radius 3 is 2.45 bits per heavy atom. The molecule has 0 unspecified atom stereocenters. The third-order valence-electron chi connectivity index (χ3n) is 3.95. The van der Waals surface area contributed by atoms with Crippen LogP contribution < -0.4 is 9.62 Å². The lowest BCUT2D eigenvalue weighted by molar-refractivity contribution is 0.505. The van der Waals surface area contributed by atoms with Gasteiger partial charge in [0.05, 0.1) is 0 Å². The molecule has 0 aromatic carbocycles. The van der Waals surface area contributed by atoms with Crippen LogP contribution in [0.15, 0.2) is 18.3 Å². The second-order valence-electron chi connectivity index (χ2n) is 5.85. The first-order valence-electron chi connectivity index (χ1n) is 7.86. The van der Waals surface area contributed by atoms with Gasteiger partial charge in [0.1, 0.15) is 5.82 Å². The van der Waals surface area contributed by atoms with E-state index in [4.69, 9.17) is 0 Å². The van der Waals surface area contributed by atoms with Gasteiger partial charge in [-0.3, -0.25) is 0 Å². The van der Waals surface area contributed by atoms with Gasteiger partial charge in [0.25, 0.3) is 10.2 Å². The summed E-state index contributed by atoms with van der Waals surface area (Å²) >= 11 is 0. The van der Waals surface area contributed by atoms with Crippen molar-refractivity contribution in [2.24, 2.45) is 0 Å². The minimum atomic E-state index is -3.42. The molecule has 1 saturated heterocycles. The van der Waals surface area contributed by atoms with Crippen molar-refractivity contribution < 1.29 is 8.42 Å². The molecule has 2 heterocycles. The van der Waals surface area contributed by atoms with Crippen molar-refractivity contribution in [2.75, 3.05) is 32.1 Å². The number of anilines is 1. The van der Waals surface area contributed by atoms with Crippen LogP contribution in [0.3, 0.4) is 0 Å². The van der Waals surface area contributed by atoms with Gasteiger partial charge in [0, 0.05) is 45.5 Å². The average molecular weight is 326 g/mol. The summed E-state index contributed by atoms with van der Waals surface area (Å²) in [5.41, 5.74) is 0.925. The van der Waals surface area contributed by atoms with E-state index in [1.165, 1.54) is 50.5 Å². The Balaban J connectivity index is 2.12. The Kier molecular flexibility index (Phi) is 6.16. The fourth-order valence-electron chi connectivity index (χ4n) is 2.61. The SMILES string of the molecule is CN(C)S(=O)(=O)NCc1cccnc1N1CCCCCCC1. The molecule has 6 nitrogen and oxygen atoms in total. The molecule has 1 aliphatic rings. The quantitative estimate of drug-likeness (QED) is 0.895. The summed E-state index contributed by atoms with van der Waals surface area (Å²) < 4.78 is 27.5. The highest BCUT2D eigenvalue weighted by Crippen LogP contribution is 2.21. The lowest BCUT2D eigenvalue weighted by Crippen LogP contribution is -2.36. The Bertz CT molecular complexity index is 567. The molecule has 1 N–H and O–H groups in total. The highest BCUT2D eigenvalue weighted by atomic mass is 32.2. The molecule has 1 fully saturated rings. The first kappa shape index (κ1) is 17.2. The zero-order chi connectivity index (χ0) is 16.0. The molecule has 0 saturated carbocycles. The van der Waals surface area contributed by atoms with E-state index in [9.17, 15) is 8.42 Å². The first-order chi connectivity index (χ1) is 10.5. The summed E-state index contributed by atoms with van der Waals surface area (Å²) in [4.78, 5) is 6.79. The van der Waals surface area contributed by atoms with Crippen molar-refractivity contribution in [3.8, 4) is 0 Å². The predicted molar refractivity (Wildman–Crippen MR) is 89.0 cm³/mol. The van der Waals surface area contributed by atoms with Crippen molar-refractivity contribution in [1.29, 1.82) is 0 Å². The molecule has 0 atom stereocenters. The van der Waals surface area contributed by atoms with E-state index < -0.39 is 10.2 Å². The topological polar surface area (TPSA) is 65.5 Å². The van der Waals surface area contributed by atoms with Crippen LogP contribution in [-0.4, -0.2) is 44.9 Å². The number of nitrogens with zero attached hydrogens (tertiary/aromatic N) is 3. The molecule has 2 rings (SSSR count). The Hall–Kier alpha value is -1.18. The molecule has 22 heavy (non-hydrogen) atoms. The molecule has 0 aliphatic carbocycles. The average Bonchev–Trinajstić information content (AvgIpc) is 2.45. The van der Waals surface area contributed by atoms with E-state index in [-0.39, 0.29) is 6.54 Å². The molecule has 0 spiro atoms. The summed E-state index contributed by atoms with van der Waals surface area (Å²) in [6.45, 7) is 2.25. The van der Waals surface area contributed by atoms with Gasteiger partial charge >= 0.3 is 0 Å². The van der Waals surface area contributed by atoms with Crippen molar-refractivity contribution >= 4 is 16.0 Å². The standard InChI is InChI=1S/C15H26N4O2S/c1-18(2)22(20,21)17-13-14-9-8-10-16-15(14)19-11-6-4-3-5-7-12-19/h8-10,17H,3-7,11-13H2,1-2H3. The first-order valence-corrected chi connectivity index (χ1v) is 9.30. The van der Waals surface area contributed by atoms with Crippen molar-refractivity contribution in [2.45, 2.75) is 38.6 Å². The molecule has 1 aromatic heterocycles.